The van der Waals surface area contributed by atoms with Gasteiger partial charge >= 0.3 is 0 Å². The van der Waals surface area contributed by atoms with E-state index in [0.29, 0.717) is 17.1 Å². The summed E-state index contributed by atoms with van der Waals surface area (Å²) in [5.74, 6) is 1.38. The summed E-state index contributed by atoms with van der Waals surface area (Å²) in [5, 5.41) is 17.0. The molecule has 0 bridgehead atoms. The number of nitrogen functional groups attached to an aromatic ring is 1. The minimum absolute atomic E-state index is 0.155. The molecule has 0 amide bonds. The van der Waals surface area contributed by atoms with Gasteiger partial charge in [-0.05, 0) is 30.3 Å². The van der Waals surface area contributed by atoms with Crippen molar-refractivity contribution < 1.29 is 4.74 Å². The fourth-order valence-corrected chi connectivity index (χ4v) is 2.12. The normalized spacial score (nSPS) is 10.2. The average Bonchev–Trinajstić information content (AvgIpc) is 3.08. The Morgan fingerprint density at radius 1 is 1.27 bits per heavy atom. The Morgan fingerprint density at radius 2 is 2.05 bits per heavy atom. The second-order valence-electron chi connectivity index (χ2n) is 4.49. The molecule has 0 saturated carbocycles. The zero-order valence-electron chi connectivity index (χ0n) is 11.7. The third-order valence-electron chi connectivity index (χ3n) is 3.22. The monoisotopic (exact) mass is 292 g/mol. The van der Waals surface area contributed by atoms with Crippen LogP contribution in [0.15, 0.2) is 36.7 Å². The number of hydrogen-bond donors (Lipinski definition) is 2. The van der Waals surface area contributed by atoms with Crippen LogP contribution in [0.2, 0.25) is 0 Å². The molecular weight excluding hydrogens is 280 g/mol. The molecule has 0 saturated heterocycles. The molecule has 1 aromatic carbocycles. The number of ether oxygens (including phenoxy) is 1. The molecule has 0 aliphatic carbocycles. The topological polar surface area (TPSA) is 114 Å². The highest BCUT2D eigenvalue weighted by Crippen LogP contribution is 2.29. The fourth-order valence-electron chi connectivity index (χ4n) is 2.12. The van der Waals surface area contributed by atoms with E-state index in [1.807, 2.05) is 24.3 Å². The van der Waals surface area contributed by atoms with Crippen molar-refractivity contribution in [3.63, 3.8) is 0 Å². The summed E-state index contributed by atoms with van der Waals surface area (Å²) in [6, 6.07) is 11.2. The van der Waals surface area contributed by atoms with Gasteiger partial charge in [0.05, 0.1) is 12.8 Å². The molecule has 7 heteroatoms. The summed E-state index contributed by atoms with van der Waals surface area (Å²) in [6.45, 7) is 0. The van der Waals surface area contributed by atoms with Crippen LogP contribution in [0, 0.1) is 11.3 Å². The van der Waals surface area contributed by atoms with Crippen molar-refractivity contribution in [2.75, 3.05) is 12.8 Å². The van der Waals surface area contributed by atoms with Crippen molar-refractivity contribution >= 4 is 5.82 Å². The van der Waals surface area contributed by atoms with Gasteiger partial charge in [-0.15, -0.1) is 10.2 Å². The summed E-state index contributed by atoms with van der Waals surface area (Å²) in [6.07, 6.45) is 1.44. The van der Waals surface area contributed by atoms with Crippen molar-refractivity contribution in [2.45, 2.75) is 0 Å². The van der Waals surface area contributed by atoms with Gasteiger partial charge in [-0.3, -0.25) is 0 Å². The first-order chi connectivity index (χ1) is 10.7. The SMILES string of the molecule is COc1ccc(-c2cc(-c3nnc[nH]3)c(C#N)c(N)n2)cc1. The summed E-state index contributed by atoms with van der Waals surface area (Å²) in [7, 11) is 1.61. The zero-order chi connectivity index (χ0) is 15.5. The first-order valence-corrected chi connectivity index (χ1v) is 6.44. The highest BCUT2D eigenvalue weighted by Gasteiger charge is 2.15. The number of rotatable bonds is 3. The minimum atomic E-state index is 0.155. The standard InChI is InChI=1S/C15H12N6O/c1-22-10-4-2-9(3-5-10)13-6-11(15-18-8-19-21-15)12(7-16)14(17)20-13/h2-6,8H,1H3,(H2,17,20)(H,18,19,21). The molecule has 3 rings (SSSR count). The Morgan fingerprint density at radius 3 is 2.64 bits per heavy atom. The molecule has 0 atom stereocenters. The van der Waals surface area contributed by atoms with E-state index in [4.69, 9.17) is 10.5 Å². The predicted molar refractivity (Wildman–Crippen MR) is 80.7 cm³/mol. The Kier molecular flexibility index (Phi) is 3.42. The number of hydrogen-bond acceptors (Lipinski definition) is 6. The summed E-state index contributed by atoms with van der Waals surface area (Å²) < 4.78 is 5.14. The maximum absolute atomic E-state index is 9.28. The molecule has 0 aliphatic heterocycles. The number of benzene rings is 1. The third kappa shape index (κ3) is 2.33. The van der Waals surface area contributed by atoms with E-state index in [0.717, 1.165) is 11.3 Å². The van der Waals surface area contributed by atoms with Gasteiger partial charge in [0.2, 0.25) is 0 Å². The molecule has 0 fully saturated rings. The molecule has 2 heterocycles. The van der Waals surface area contributed by atoms with Crippen LogP contribution in [-0.2, 0) is 0 Å². The van der Waals surface area contributed by atoms with Crippen LogP contribution in [-0.4, -0.2) is 27.3 Å². The highest BCUT2D eigenvalue weighted by molar-refractivity contribution is 5.77. The molecule has 2 aromatic heterocycles. The molecule has 3 aromatic rings. The van der Waals surface area contributed by atoms with Crippen LogP contribution in [0.3, 0.4) is 0 Å². The number of aromatic amines is 1. The van der Waals surface area contributed by atoms with Crippen LogP contribution in [0.5, 0.6) is 5.75 Å². The molecule has 0 spiro atoms. The van der Waals surface area contributed by atoms with Crippen LogP contribution in [0.1, 0.15) is 5.56 Å². The van der Waals surface area contributed by atoms with Crippen LogP contribution < -0.4 is 10.5 Å². The van der Waals surface area contributed by atoms with E-state index in [1.54, 1.807) is 13.2 Å². The number of anilines is 1. The Bertz CT molecular complexity index is 834. The summed E-state index contributed by atoms with van der Waals surface area (Å²) in [5.41, 5.74) is 8.26. The van der Waals surface area contributed by atoms with E-state index in [1.165, 1.54) is 6.33 Å². The van der Waals surface area contributed by atoms with Crippen molar-refractivity contribution in [3.8, 4) is 34.5 Å². The van der Waals surface area contributed by atoms with Crippen LogP contribution in [0.4, 0.5) is 5.82 Å². The molecule has 3 N–H and O–H groups in total. The zero-order valence-corrected chi connectivity index (χ0v) is 11.7. The molecular formula is C15H12N6O. The highest BCUT2D eigenvalue weighted by atomic mass is 16.5. The van der Waals surface area contributed by atoms with Gasteiger partial charge in [0.15, 0.2) is 5.82 Å². The second kappa shape index (κ2) is 5.54. The first kappa shape index (κ1) is 13.6. The van der Waals surface area contributed by atoms with Gasteiger partial charge in [0.1, 0.15) is 29.5 Å². The van der Waals surface area contributed by atoms with Crippen molar-refractivity contribution in [2.24, 2.45) is 0 Å². The molecule has 108 valence electrons. The number of H-pyrrole nitrogens is 1. The van der Waals surface area contributed by atoms with Gasteiger partial charge in [0.25, 0.3) is 0 Å². The van der Waals surface area contributed by atoms with Gasteiger partial charge in [-0.25, -0.2) is 4.98 Å². The summed E-state index contributed by atoms with van der Waals surface area (Å²) >= 11 is 0. The molecule has 22 heavy (non-hydrogen) atoms. The Balaban J connectivity index is 2.15. The van der Waals surface area contributed by atoms with Gasteiger partial charge in [0, 0.05) is 11.1 Å². The van der Waals surface area contributed by atoms with Crippen LogP contribution in [0.25, 0.3) is 22.6 Å². The van der Waals surface area contributed by atoms with Gasteiger partial charge < -0.3 is 15.5 Å². The molecule has 0 unspecified atom stereocenters. The summed E-state index contributed by atoms with van der Waals surface area (Å²) in [4.78, 5) is 7.17. The molecule has 0 radical (unpaired) electrons. The number of pyridine rings is 1. The fraction of sp³-hybridized carbons (Fsp3) is 0.0667. The average molecular weight is 292 g/mol. The van der Waals surface area contributed by atoms with E-state index >= 15 is 0 Å². The third-order valence-corrected chi connectivity index (χ3v) is 3.22. The van der Waals surface area contributed by atoms with E-state index in [9.17, 15) is 5.26 Å². The maximum atomic E-state index is 9.28. The lowest BCUT2D eigenvalue weighted by Gasteiger charge is -2.08. The molecule has 7 nitrogen and oxygen atoms in total. The number of nitrogens with one attached hydrogen (secondary N) is 1. The van der Waals surface area contributed by atoms with Crippen molar-refractivity contribution in [1.82, 2.24) is 20.2 Å². The predicted octanol–water partition coefficient (Wildman–Crippen LogP) is 2.00. The largest absolute Gasteiger partial charge is 0.497 e. The van der Waals surface area contributed by atoms with Crippen molar-refractivity contribution in [3.05, 3.63) is 42.2 Å². The Labute approximate surface area is 126 Å². The van der Waals surface area contributed by atoms with E-state index < -0.39 is 0 Å². The first-order valence-electron chi connectivity index (χ1n) is 6.44. The number of aromatic nitrogens is 4. The smallest absolute Gasteiger partial charge is 0.162 e. The number of nitrogens with two attached hydrogens (primary N) is 1. The minimum Gasteiger partial charge on any atom is -0.497 e. The molecule has 0 aliphatic rings. The van der Waals surface area contributed by atoms with E-state index in [2.05, 4.69) is 26.2 Å². The maximum Gasteiger partial charge on any atom is 0.162 e. The lowest BCUT2D eigenvalue weighted by Crippen LogP contribution is -2.00. The Hall–Kier alpha value is -3.40. The number of nitriles is 1. The lowest BCUT2D eigenvalue weighted by atomic mass is 10.0. The van der Waals surface area contributed by atoms with Crippen LogP contribution >= 0.6 is 0 Å². The quantitative estimate of drug-likeness (QED) is 0.763. The number of nitrogens with zero attached hydrogens (tertiary/aromatic N) is 4. The van der Waals surface area contributed by atoms with E-state index in [-0.39, 0.29) is 11.4 Å². The lowest BCUT2D eigenvalue weighted by molar-refractivity contribution is 0.415. The van der Waals surface area contributed by atoms with Crippen molar-refractivity contribution in [1.29, 1.82) is 5.26 Å². The number of methoxy groups -OCH3 is 1. The van der Waals surface area contributed by atoms with Gasteiger partial charge in [-0.2, -0.15) is 5.26 Å². The van der Waals surface area contributed by atoms with Gasteiger partial charge in [-0.1, -0.05) is 0 Å². The second-order valence-corrected chi connectivity index (χ2v) is 4.49.